The Balaban J connectivity index is 1.84. The molecule has 0 aliphatic rings. The number of ether oxygens (including phenoxy) is 1. The van der Waals surface area contributed by atoms with Crippen molar-refractivity contribution in [3.63, 3.8) is 0 Å². The molecule has 0 aliphatic carbocycles. The molecule has 176 valence electrons. The lowest BCUT2D eigenvalue weighted by Crippen LogP contribution is -2.48. The number of hydrogen-bond donors (Lipinski definition) is 1. The van der Waals surface area contributed by atoms with Crippen molar-refractivity contribution in [1.82, 2.24) is 20.3 Å². The van der Waals surface area contributed by atoms with Gasteiger partial charge in [0.1, 0.15) is 22.3 Å². The molecule has 1 heterocycles. The third-order valence-electron chi connectivity index (χ3n) is 4.41. The maximum absolute atomic E-state index is 13.4. The number of amides is 1. The van der Waals surface area contributed by atoms with Crippen molar-refractivity contribution in [2.45, 2.75) is 31.5 Å². The van der Waals surface area contributed by atoms with Gasteiger partial charge < -0.3 is 10.1 Å². The van der Waals surface area contributed by atoms with Crippen LogP contribution in [0.3, 0.4) is 0 Å². The van der Waals surface area contributed by atoms with E-state index in [2.05, 4.69) is 20.3 Å². The van der Waals surface area contributed by atoms with Crippen LogP contribution in [0.15, 0.2) is 36.4 Å². The molecule has 0 saturated carbocycles. The summed E-state index contributed by atoms with van der Waals surface area (Å²) in [6, 6.07) is 9.00. The SMILES string of the molecule is CC(C#N)(Cn1nc2cc(C#N)cc(C(F)(F)F)c2n1)NC(=O)c1ccc(OC(F)(F)F)cc1. The van der Waals surface area contributed by atoms with Gasteiger partial charge in [-0.25, -0.2) is 0 Å². The number of alkyl halides is 6. The summed E-state index contributed by atoms with van der Waals surface area (Å²) in [7, 11) is 0. The van der Waals surface area contributed by atoms with Crippen molar-refractivity contribution in [2.24, 2.45) is 0 Å². The van der Waals surface area contributed by atoms with Crippen LogP contribution in [0, 0.1) is 22.7 Å². The number of nitrogens with zero attached hydrogens (tertiary/aromatic N) is 5. The molecule has 3 rings (SSSR count). The van der Waals surface area contributed by atoms with E-state index in [1.54, 1.807) is 12.1 Å². The van der Waals surface area contributed by atoms with Crippen LogP contribution in [0.5, 0.6) is 5.75 Å². The molecule has 0 spiro atoms. The second-order valence-corrected chi connectivity index (χ2v) is 7.20. The van der Waals surface area contributed by atoms with Gasteiger partial charge >= 0.3 is 12.5 Å². The van der Waals surface area contributed by atoms with Crippen molar-refractivity contribution in [3.8, 4) is 17.9 Å². The summed E-state index contributed by atoms with van der Waals surface area (Å²) in [5.41, 5.74) is -4.08. The highest BCUT2D eigenvalue weighted by atomic mass is 19.4. The van der Waals surface area contributed by atoms with E-state index in [4.69, 9.17) is 5.26 Å². The lowest BCUT2D eigenvalue weighted by Gasteiger charge is -2.22. The smallest absolute Gasteiger partial charge is 0.406 e. The summed E-state index contributed by atoms with van der Waals surface area (Å²) in [5, 5.41) is 28.5. The van der Waals surface area contributed by atoms with Crippen molar-refractivity contribution in [2.75, 3.05) is 0 Å². The molecule has 2 aromatic carbocycles. The van der Waals surface area contributed by atoms with E-state index in [0.717, 1.165) is 35.1 Å². The molecule has 1 amide bonds. The van der Waals surface area contributed by atoms with Gasteiger partial charge in [-0.3, -0.25) is 4.79 Å². The Morgan fingerprint density at radius 3 is 2.26 bits per heavy atom. The molecule has 0 fully saturated rings. The Hall–Kier alpha value is -4.33. The second-order valence-electron chi connectivity index (χ2n) is 7.20. The third kappa shape index (κ3) is 5.53. The van der Waals surface area contributed by atoms with Crippen molar-refractivity contribution in [1.29, 1.82) is 10.5 Å². The maximum atomic E-state index is 13.4. The Labute approximate surface area is 186 Å². The molecule has 0 saturated heterocycles. The summed E-state index contributed by atoms with van der Waals surface area (Å²) in [5.74, 6) is -1.40. The van der Waals surface area contributed by atoms with Crippen molar-refractivity contribution in [3.05, 3.63) is 53.1 Å². The fourth-order valence-electron chi connectivity index (χ4n) is 2.93. The lowest BCUT2D eigenvalue weighted by atomic mass is 10.0. The average Bonchev–Trinajstić information content (AvgIpc) is 3.13. The van der Waals surface area contributed by atoms with Crippen molar-refractivity contribution >= 4 is 16.9 Å². The zero-order valence-electron chi connectivity index (χ0n) is 17.0. The third-order valence-corrected chi connectivity index (χ3v) is 4.41. The first-order chi connectivity index (χ1) is 15.7. The van der Waals surface area contributed by atoms with Gasteiger partial charge in [0.2, 0.25) is 0 Å². The van der Waals surface area contributed by atoms with E-state index in [0.29, 0.717) is 6.07 Å². The van der Waals surface area contributed by atoms with Gasteiger partial charge in [0, 0.05) is 5.56 Å². The highest BCUT2D eigenvalue weighted by molar-refractivity contribution is 5.95. The predicted molar refractivity (Wildman–Crippen MR) is 102 cm³/mol. The largest absolute Gasteiger partial charge is 0.573 e. The minimum absolute atomic E-state index is 0.104. The molecule has 34 heavy (non-hydrogen) atoms. The minimum atomic E-state index is -4.91. The zero-order valence-corrected chi connectivity index (χ0v) is 17.0. The Bertz CT molecular complexity index is 1320. The summed E-state index contributed by atoms with van der Waals surface area (Å²) < 4.78 is 80.6. The quantitative estimate of drug-likeness (QED) is 0.551. The number of fused-ring (bicyclic) bond motifs is 1. The van der Waals surface area contributed by atoms with E-state index in [1.807, 2.05) is 0 Å². The number of carbonyl (C=O) groups excluding carboxylic acids is 1. The first kappa shape index (κ1) is 24.3. The highest BCUT2D eigenvalue weighted by Crippen LogP contribution is 2.34. The fraction of sp³-hybridized carbons (Fsp3) is 0.250. The summed E-state index contributed by atoms with van der Waals surface area (Å²) in [6.45, 7) is 0.782. The summed E-state index contributed by atoms with van der Waals surface area (Å²) >= 11 is 0. The number of nitriles is 2. The topological polar surface area (TPSA) is 117 Å². The molecule has 1 N–H and O–H groups in total. The van der Waals surface area contributed by atoms with E-state index in [9.17, 15) is 36.4 Å². The van der Waals surface area contributed by atoms with Crippen LogP contribution in [-0.2, 0) is 12.7 Å². The first-order valence-corrected chi connectivity index (χ1v) is 9.19. The summed E-state index contributed by atoms with van der Waals surface area (Å²) in [4.78, 5) is 13.3. The number of rotatable bonds is 5. The predicted octanol–water partition coefficient (Wildman–Crippen LogP) is 3.93. The van der Waals surface area contributed by atoms with Crippen LogP contribution in [0.1, 0.15) is 28.4 Å². The molecule has 0 radical (unpaired) electrons. The molecule has 3 aromatic rings. The number of hydrogen-bond acceptors (Lipinski definition) is 6. The second kappa shape index (κ2) is 8.55. The molecule has 0 aliphatic heterocycles. The van der Waals surface area contributed by atoms with Crippen LogP contribution >= 0.6 is 0 Å². The van der Waals surface area contributed by atoms with Gasteiger partial charge in [0.25, 0.3) is 5.91 Å². The van der Waals surface area contributed by atoms with Gasteiger partial charge in [-0.05, 0) is 43.3 Å². The van der Waals surface area contributed by atoms with Gasteiger partial charge in [-0.1, -0.05) is 0 Å². The number of halogens is 6. The van der Waals surface area contributed by atoms with E-state index >= 15 is 0 Å². The number of benzene rings is 2. The van der Waals surface area contributed by atoms with Gasteiger partial charge in [0.05, 0.1) is 29.8 Å². The Morgan fingerprint density at radius 2 is 1.74 bits per heavy atom. The minimum Gasteiger partial charge on any atom is -0.406 e. The maximum Gasteiger partial charge on any atom is 0.573 e. The monoisotopic (exact) mass is 482 g/mol. The molecule has 0 bridgehead atoms. The van der Waals surface area contributed by atoms with E-state index in [1.165, 1.54) is 6.92 Å². The van der Waals surface area contributed by atoms with Crippen molar-refractivity contribution < 1.29 is 35.9 Å². The molecular weight excluding hydrogens is 470 g/mol. The number of nitrogens with one attached hydrogen (secondary N) is 1. The molecule has 8 nitrogen and oxygen atoms in total. The van der Waals surface area contributed by atoms with E-state index < -0.39 is 47.4 Å². The zero-order chi connectivity index (χ0) is 25.3. The molecule has 1 atom stereocenters. The average molecular weight is 482 g/mol. The van der Waals surface area contributed by atoms with Gasteiger partial charge in [-0.15, -0.1) is 13.2 Å². The lowest BCUT2D eigenvalue weighted by molar-refractivity contribution is -0.274. The molecule has 1 aromatic heterocycles. The first-order valence-electron chi connectivity index (χ1n) is 9.19. The summed E-state index contributed by atoms with van der Waals surface area (Å²) in [6.07, 6.45) is -9.73. The number of carbonyl (C=O) groups is 1. The van der Waals surface area contributed by atoms with Crippen LogP contribution in [-0.4, -0.2) is 32.8 Å². The van der Waals surface area contributed by atoms with E-state index in [-0.39, 0.29) is 16.6 Å². The van der Waals surface area contributed by atoms with Gasteiger partial charge in [0.15, 0.2) is 0 Å². The van der Waals surface area contributed by atoms with Crippen LogP contribution < -0.4 is 10.1 Å². The Kier molecular flexibility index (Phi) is 6.11. The number of aromatic nitrogens is 3. The van der Waals surface area contributed by atoms with Crippen LogP contribution in [0.25, 0.3) is 11.0 Å². The fourth-order valence-corrected chi connectivity index (χ4v) is 2.93. The standard InChI is InChI=1S/C20H12F6N6O2/c1-18(9-28,29-17(33)12-2-4-13(5-3-12)34-20(24,25)26)10-32-30-15-7-11(8-27)6-14(16(15)31-32)19(21,22)23/h2-7H,10H2,1H3,(H,29,33). The molecule has 14 heteroatoms. The van der Waals surface area contributed by atoms with Crippen LogP contribution in [0.4, 0.5) is 26.3 Å². The van der Waals surface area contributed by atoms with Crippen LogP contribution in [0.2, 0.25) is 0 Å². The Morgan fingerprint density at radius 1 is 1.09 bits per heavy atom. The normalized spacial score (nSPS) is 13.6. The molecule has 1 unspecified atom stereocenters. The highest BCUT2D eigenvalue weighted by Gasteiger charge is 2.36. The molecular formula is C20H12F6N6O2. The van der Waals surface area contributed by atoms with Gasteiger partial charge in [-0.2, -0.15) is 38.7 Å².